The van der Waals surface area contributed by atoms with Crippen molar-refractivity contribution >= 4 is 33.2 Å². The van der Waals surface area contributed by atoms with E-state index in [0.29, 0.717) is 0 Å². The molecule has 0 saturated heterocycles. The van der Waals surface area contributed by atoms with E-state index in [1.165, 1.54) is 0 Å². The fourth-order valence-corrected chi connectivity index (χ4v) is 3.43. The Hall–Kier alpha value is -2.05. The number of amides is 1. The molecular formula is C17H19ClN2O3S. The average molecular weight is 367 g/mol. The third-order valence-corrected chi connectivity index (χ3v) is 4.93. The van der Waals surface area contributed by atoms with E-state index in [0.717, 1.165) is 16.1 Å². The first-order valence-corrected chi connectivity index (χ1v) is 9.58. The summed E-state index contributed by atoms with van der Waals surface area (Å²) in [5.74, 6) is -0.406. The number of sulfonamides is 1. The third-order valence-electron chi connectivity index (χ3n) is 3.49. The van der Waals surface area contributed by atoms with Crippen LogP contribution in [0.4, 0.5) is 5.69 Å². The first-order valence-electron chi connectivity index (χ1n) is 7.35. The van der Waals surface area contributed by atoms with E-state index in [1.54, 1.807) is 24.3 Å². The van der Waals surface area contributed by atoms with Crippen LogP contribution in [-0.4, -0.2) is 27.1 Å². The second-order valence-electron chi connectivity index (χ2n) is 5.42. The lowest BCUT2D eigenvalue weighted by molar-refractivity contribution is -0.120. The summed E-state index contributed by atoms with van der Waals surface area (Å²) in [7, 11) is -3.65. The van der Waals surface area contributed by atoms with Crippen molar-refractivity contribution in [2.75, 3.05) is 17.1 Å². The summed E-state index contributed by atoms with van der Waals surface area (Å²) in [5.41, 5.74) is 1.22. The van der Waals surface area contributed by atoms with Crippen LogP contribution in [-0.2, 0) is 14.8 Å². The highest BCUT2D eigenvalue weighted by Gasteiger charge is 2.23. The minimum Gasteiger partial charge on any atom is -0.348 e. The Morgan fingerprint density at radius 1 is 1.12 bits per heavy atom. The Labute approximate surface area is 147 Å². The van der Waals surface area contributed by atoms with Gasteiger partial charge < -0.3 is 5.32 Å². The first kappa shape index (κ1) is 18.3. The molecule has 5 nitrogen and oxygen atoms in total. The van der Waals surface area contributed by atoms with E-state index in [4.69, 9.17) is 11.6 Å². The lowest BCUT2D eigenvalue weighted by Crippen LogP contribution is -2.41. The molecule has 2 aromatic rings. The number of hydrogen-bond donors (Lipinski definition) is 1. The Kier molecular flexibility index (Phi) is 5.85. The topological polar surface area (TPSA) is 66.5 Å². The highest BCUT2D eigenvalue weighted by Crippen LogP contribution is 2.27. The van der Waals surface area contributed by atoms with Gasteiger partial charge in [0.2, 0.25) is 15.9 Å². The largest absolute Gasteiger partial charge is 0.348 e. The second kappa shape index (κ2) is 7.68. The number of para-hydroxylation sites is 1. The molecule has 0 aliphatic carbocycles. The molecule has 0 heterocycles. The summed E-state index contributed by atoms with van der Waals surface area (Å²) >= 11 is 6.07. The van der Waals surface area contributed by atoms with Crippen molar-refractivity contribution in [3.05, 3.63) is 65.2 Å². The Bertz CT molecular complexity index is 810. The molecule has 1 atom stereocenters. The van der Waals surface area contributed by atoms with Crippen LogP contribution >= 0.6 is 11.6 Å². The van der Waals surface area contributed by atoms with Crippen LogP contribution in [0.15, 0.2) is 54.6 Å². The second-order valence-corrected chi connectivity index (χ2v) is 7.73. The minimum absolute atomic E-state index is 0.230. The number of anilines is 1. The maximum Gasteiger partial charge on any atom is 0.241 e. The van der Waals surface area contributed by atoms with Crippen molar-refractivity contribution in [2.24, 2.45) is 0 Å². The summed E-state index contributed by atoms with van der Waals surface area (Å²) in [4.78, 5) is 12.3. The zero-order valence-corrected chi connectivity index (χ0v) is 15.0. The van der Waals surface area contributed by atoms with Gasteiger partial charge >= 0.3 is 0 Å². The summed E-state index contributed by atoms with van der Waals surface area (Å²) in [6.45, 7) is 1.51. The molecule has 1 amide bonds. The van der Waals surface area contributed by atoms with E-state index in [2.05, 4.69) is 5.32 Å². The molecule has 0 unspecified atom stereocenters. The van der Waals surface area contributed by atoms with Gasteiger partial charge in [-0.1, -0.05) is 54.1 Å². The molecule has 0 aromatic heterocycles. The molecule has 2 rings (SSSR count). The Balaban J connectivity index is 2.16. The zero-order valence-electron chi connectivity index (χ0n) is 13.4. The molecule has 0 bridgehead atoms. The van der Waals surface area contributed by atoms with Gasteiger partial charge in [-0.15, -0.1) is 0 Å². The molecule has 0 fully saturated rings. The van der Waals surface area contributed by atoms with E-state index in [-0.39, 0.29) is 23.3 Å². The maximum absolute atomic E-state index is 12.3. The van der Waals surface area contributed by atoms with Gasteiger partial charge in [-0.3, -0.25) is 9.10 Å². The Morgan fingerprint density at radius 3 is 2.29 bits per heavy atom. The smallest absolute Gasteiger partial charge is 0.241 e. The van der Waals surface area contributed by atoms with Crippen LogP contribution in [0.3, 0.4) is 0 Å². The molecule has 7 heteroatoms. The fraction of sp³-hybridized carbons (Fsp3) is 0.235. The summed E-state index contributed by atoms with van der Waals surface area (Å²) < 4.78 is 25.1. The number of nitrogens with one attached hydrogen (secondary N) is 1. The summed E-state index contributed by atoms with van der Waals surface area (Å²) in [6.07, 6.45) is 1.05. The Morgan fingerprint density at radius 2 is 1.71 bits per heavy atom. The van der Waals surface area contributed by atoms with Crippen molar-refractivity contribution < 1.29 is 13.2 Å². The van der Waals surface area contributed by atoms with E-state index >= 15 is 0 Å². The van der Waals surface area contributed by atoms with Gasteiger partial charge in [-0.25, -0.2) is 8.42 Å². The number of hydrogen-bond acceptors (Lipinski definition) is 3. The predicted octanol–water partition coefficient (Wildman–Crippen LogP) is 2.98. The zero-order chi connectivity index (χ0) is 17.7. The average Bonchev–Trinajstić information content (AvgIpc) is 2.53. The summed E-state index contributed by atoms with van der Waals surface area (Å²) in [6, 6.07) is 15.7. The van der Waals surface area contributed by atoms with Crippen LogP contribution < -0.4 is 9.62 Å². The highest BCUT2D eigenvalue weighted by atomic mass is 35.5. The van der Waals surface area contributed by atoms with Gasteiger partial charge in [0.1, 0.15) is 6.54 Å². The quantitative estimate of drug-likeness (QED) is 0.854. The molecule has 0 aliphatic rings. The molecule has 0 saturated carbocycles. The fourth-order valence-electron chi connectivity index (χ4n) is 2.28. The van der Waals surface area contributed by atoms with Crippen LogP contribution in [0.5, 0.6) is 0 Å². The number of carbonyl (C=O) groups is 1. The van der Waals surface area contributed by atoms with Gasteiger partial charge in [0, 0.05) is 0 Å². The molecule has 0 aliphatic heterocycles. The van der Waals surface area contributed by atoms with Gasteiger partial charge in [0.25, 0.3) is 0 Å². The van der Waals surface area contributed by atoms with Crippen molar-refractivity contribution in [3.63, 3.8) is 0 Å². The number of nitrogens with zero attached hydrogens (tertiary/aromatic N) is 1. The van der Waals surface area contributed by atoms with E-state index < -0.39 is 15.9 Å². The van der Waals surface area contributed by atoms with Crippen molar-refractivity contribution in [2.45, 2.75) is 13.0 Å². The van der Waals surface area contributed by atoms with Gasteiger partial charge in [0.05, 0.1) is 23.0 Å². The number of benzene rings is 2. The van der Waals surface area contributed by atoms with Gasteiger partial charge in [-0.05, 0) is 24.6 Å². The van der Waals surface area contributed by atoms with Crippen molar-refractivity contribution in [3.8, 4) is 0 Å². The first-order chi connectivity index (χ1) is 11.3. The van der Waals surface area contributed by atoms with E-state index in [1.807, 2.05) is 37.3 Å². The lowest BCUT2D eigenvalue weighted by atomic mass is 10.1. The molecule has 0 spiro atoms. The molecule has 1 N–H and O–H groups in total. The molecule has 24 heavy (non-hydrogen) atoms. The minimum atomic E-state index is -3.65. The normalized spacial score (nSPS) is 12.5. The van der Waals surface area contributed by atoms with Gasteiger partial charge in [0.15, 0.2) is 0 Å². The summed E-state index contributed by atoms with van der Waals surface area (Å²) in [5, 5.41) is 3.07. The van der Waals surface area contributed by atoms with Crippen LogP contribution in [0.25, 0.3) is 0 Å². The maximum atomic E-state index is 12.3. The SMILES string of the molecule is C[C@@H](NC(=O)CN(c1ccccc1Cl)S(C)(=O)=O)c1ccccc1. The van der Waals surface area contributed by atoms with Crippen LogP contribution in [0.2, 0.25) is 5.02 Å². The van der Waals surface area contributed by atoms with Crippen molar-refractivity contribution in [1.82, 2.24) is 5.32 Å². The third kappa shape index (κ3) is 4.72. The molecule has 128 valence electrons. The number of halogens is 1. The number of carbonyl (C=O) groups excluding carboxylic acids is 1. The van der Waals surface area contributed by atoms with Crippen LogP contribution in [0, 0.1) is 0 Å². The molecule has 0 radical (unpaired) electrons. The monoisotopic (exact) mass is 366 g/mol. The molecular weight excluding hydrogens is 348 g/mol. The molecule has 2 aromatic carbocycles. The highest BCUT2D eigenvalue weighted by molar-refractivity contribution is 7.92. The standard InChI is InChI=1S/C17H19ClN2O3S/c1-13(14-8-4-3-5-9-14)19-17(21)12-20(24(2,22)23)16-11-7-6-10-15(16)18/h3-11,13H,12H2,1-2H3,(H,19,21)/t13-/m1/s1. The van der Waals surface area contributed by atoms with E-state index in [9.17, 15) is 13.2 Å². The lowest BCUT2D eigenvalue weighted by Gasteiger charge is -2.24. The van der Waals surface area contributed by atoms with Crippen molar-refractivity contribution in [1.29, 1.82) is 0 Å². The number of rotatable bonds is 6. The van der Waals surface area contributed by atoms with Crippen LogP contribution in [0.1, 0.15) is 18.5 Å². The predicted molar refractivity (Wildman–Crippen MR) is 96.6 cm³/mol. The van der Waals surface area contributed by atoms with Gasteiger partial charge in [-0.2, -0.15) is 0 Å².